The van der Waals surface area contributed by atoms with Crippen molar-refractivity contribution in [2.45, 2.75) is 19.9 Å². The number of nitrogens with zero attached hydrogens (tertiary/aromatic N) is 4. The molecule has 7 heteroatoms. The molecule has 3 aromatic rings. The smallest absolute Gasteiger partial charge is 0.280 e. The molecule has 112 valence electrons. The van der Waals surface area contributed by atoms with Gasteiger partial charge in [0.05, 0.1) is 11.0 Å². The Morgan fingerprint density at radius 1 is 1.27 bits per heavy atom. The minimum absolute atomic E-state index is 0.0950. The topological polar surface area (TPSA) is 98.7 Å². The average Bonchev–Trinajstić information content (AvgIpc) is 2.86. The van der Waals surface area contributed by atoms with Crippen molar-refractivity contribution in [3.05, 3.63) is 42.4 Å². The number of fused-ring (bicyclic) bond motifs is 1. The van der Waals surface area contributed by atoms with Gasteiger partial charge in [-0.25, -0.2) is 15.0 Å². The number of hydrogen-bond acceptors (Lipinski definition) is 5. The van der Waals surface area contributed by atoms with E-state index in [1.807, 2.05) is 28.8 Å². The van der Waals surface area contributed by atoms with Gasteiger partial charge in [-0.1, -0.05) is 19.1 Å². The maximum absolute atomic E-state index is 12.3. The lowest BCUT2D eigenvalue weighted by molar-refractivity contribution is 0.102. The van der Waals surface area contributed by atoms with Gasteiger partial charge in [0.1, 0.15) is 0 Å². The van der Waals surface area contributed by atoms with E-state index in [9.17, 15) is 4.79 Å². The molecule has 0 aliphatic carbocycles. The van der Waals surface area contributed by atoms with Crippen LogP contribution in [0.3, 0.4) is 0 Å². The van der Waals surface area contributed by atoms with Gasteiger partial charge in [-0.05, 0) is 18.6 Å². The third kappa shape index (κ3) is 2.48. The number of carbonyl (C=O) groups excluding carboxylic acids is 1. The first-order chi connectivity index (χ1) is 10.7. The van der Waals surface area contributed by atoms with E-state index in [1.165, 1.54) is 12.4 Å². The lowest BCUT2D eigenvalue weighted by atomic mass is 10.3. The molecule has 7 nitrogen and oxygen atoms in total. The largest absolute Gasteiger partial charge is 0.382 e. The molecule has 0 atom stereocenters. The van der Waals surface area contributed by atoms with Crippen LogP contribution in [0.2, 0.25) is 0 Å². The molecule has 2 aromatic heterocycles. The molecule has 0 unspecified atom stereocenters. The van der Waals surface area contributed by atoms with E-state index in [-0.39, 0.29) is 11.5 Å². The van der Waals surface area contributed by atoms with Gasteiger partial charge in [-0.15, -0.1) is 0 Å². The highest BCUT2D eigenvalue weighted by Gasteiger charge is 2.16. The van der Waals surface area contributed by atoms with Crippen molar-refractivity contribution in [3.63, 3.8) is 0 Å². The number of nitrogens with one attached hydrogen (secondary N) is 1. The molecule has 0 bridgehead atoms. The first kappa shape index (κ1) is 14.0. The van der Waals surface area contributed by atoms with Gasteiger partial charge < -0.3 is 10.3 Å². The zero-order valence-electron chi connectivity index (χ0n) is 12.2. The van der Waals surface area contributed by atoms with Crippen molar-refractivity contribution in [3.8, 4) is 0 Å². The summed E-state index contributed by atoms with van der Waals surface area (Å²) in [5.41, 5.74) is 7.59. The van der Waals surface area contributed by atoms with Crippen LogP contribution in [0.5, 0.6) is 0 Å². The van der Waals surface area contributed by atoms with E-state index < -0.39 is 5.91 Å². The minimum Gasteiger partial charge on any atom is -0.382 e. The molecule has 3 N–H and O–H groups in total. The molecule has 1 aromatic carbocycles. The molecule has 0 aliphatic heterocycles. The van der Waals surface area contributed by atoms with Crippen LogP contribution >= 0.6 is 0 Å². The first-order valence-corrected chi connectivity index (χ1v) is 7.03. The highest BCUT2D eigenvalue weighted by atomic mass is 16.2. The molecule has 0 radical (unpaired) electrons. The summed E-state index contributed by atoms with van der Waals surface area (Å²) < 4.78 is 1.97. The Morgan fingerprint density at radius 3 is 2.82 bits per heavy atom. The van der Waals surface area contributed by atoms with Gasteiger partial charge in [-0.2, -0.15) is 0 Å². The number of imidazole rings is 1. The molecular weight excluding hydrogens is 280 g/mol. The summed E-state index contributed by atoms with van der Waals surface area (Å²) in [7, 11) is 0. The van der Waals surface area contributed by atoms with Crippen LogP contribution in [0, 0.1) is 0 Å². The third-order valence-corrected chi connectivity index (χ3v) is 3.27. The van der Waals surface area contributed by atoms with Gasteiger partial charge in [0.25, 0.3) is 5.91 Å². The molecule has 0 saturated carbocycles. The summed E-state index contributed by atoms with van der Waals surface area (Å²) in [6.07, 6.45) is 3.80. The molecule has 22 heavy (non-hydrogen) atoms. The monoisotopic (exact) mass is 296 g/mol. The number of nitrogen functional groups attached to an aromatic ring is 1. The number of aryl methyl sites for hydroxylation is 1. The number of nitrogens with two attached hydrogens (primary N) is 1. The Balaban J connectivity index is 1.98. The summed E-state index contributed by atoms with van der Waals surface area (Å²) in [6, 6.07) is 7.75. The molecule has 0 aliphatic rings. The number of para-hydroxylation sites is 2. The van der Waals surface area contributed by atoms with Gasteiger partial charge >= 0.3 is 0 Å². The van der Waals surface area contributed by atoms with Gasteiger partial charge in [0.15, 0.2) is 11.5 Å². The van der Waals surface area contributed by atoms with Crippen LogP contribution in [-0.4, -0.2) is 25.4 Å². The Labute approximate surface area is 127 Å². The summed E-state index contributed by atoms with van der Waals surface area (Å²) in [5.74, 6) is 0.162. The number of aromatic nitrogens is 4. The standard InChI is InChI=1S/C15H16N6O/c1-2-9-21-11-6-4-3-5-10(11)19-15(21)20-14(22)12-13(16)18-8-7-17-12/h3-8H,2,9H2,1H3,(H2,16,18)(H,19,20,22). The fraction of sp³-hybridized carbons (Fsp3) is 0.200. The Hall–Kier alpha value is -2.96. The van der Waals surface area contributed by atoms with Crippen LogP contribution < -0.4 is 11.1 Å². The average molecular weight is 296 g/mol. The lowest BCUT2D eigenvalue weighted by Gasteiger charge is -2.09. The molecule has 0 saturated heterocycles. The summed E-state index contributed by atoms with van der Waals surface area (Å²) in [5, 5.41) is 2.77. The number of hydrogen-bond donors (Lipinski definition) is 2. The fourth-order valence-corrected chi connectivity index (χ4v) is 2.31. The van der Waals surface area contributed by atoms with Crippen molar-refractivity contribution >= 4 is 28.7 Å². The van der Waals surface area contributed by atoms with E-state index in [4.69, 9.17) is 5.73 Å². The number of benzene rings is 1. The second-order valence-corrected chi connectivity index (χ2v) is 4.82. The van der Waals surface area contributed by atoms with Crippen LogP contribution in [0.15, 0.2) is 36.7 Å². The molecular formula is C15H16N6O. The zero-order chi connectivity index (χ0) is 15.5. The Morgan fingerprint density at radius 2 is 2.05 bits per heavy atom. The first-order valence-electron chi connectivity index (χ1n) is 7.03. The minimum atomic E-state index is -0.418. The third-order valence-electron chi connectivity index (χ3n) is 3.27. The quantitative estimate of drug-likeness (QED) is 0.768. The molecule has 1 amide bonds. The van der Waals surface area contributed by atoms with Crippen molar-refractivity contribution < 1.29 is 4.79 Å². The number of amides is 1. The zero-order valence-corrected chi connectivity index (χ0v) is 12.2. The Kier molecular flexibility index (Phi) is 3.69. The Bertz CT molecular complexity index is 826. The van der Waals surface area contributed by atoms with E-state index in [0.717, 1.165) is 24.0 Å². The summed E-state index contributed by atoms with van der Waals surface area (Å²) in [4.78, 5) is 24.6. The summed E-state index contributed by atoms with van der Waals surface area (Å²) in [6.45, 7) is 2.83. The van der Waals surface area contributed by atoms with Crippen LogP contribution in [-0.2, 0) is 6.54 Å². The van der Waals surface area contributed by atoms with Crippen molar-refractivity contribution in [1.29, 1.82) is 0 Å². The number of anilines is 2. The normalized spacial score (nSPS) is 10.8. The van der Waals surface area contributed by atoms with Crippen molar-refractivity contribution in [1.82, 2.24) is 19.5 Å². The second-order valence-electron chi connectivity index (χ2n) is 4.82. The van der Waals surface area contributed by atoms with E-state index >= 15 is 0 Å². The van der Waals surface area contributed by atoms with Crippen molar-refractivity contribution in [2.24, 2.45) is 0 Å². The lowest BCUT2D eigenvalue weighted by Crippen LogP contribution is -2.19. The second kappa shape index (κ2) is 5.80. The van der Waals surface area contributed by atoms with Crippen molar-refractivity contribution in [2.75, 3.05) is 11.1 Å². The predicted octanol–water partition coefficient (Wildman–Crippen LogP) is 2.07. The van der Waals surface area contributed by atoms with E-state index in [1.54, 1.807) is 0 Å². The fourth-order valence-electron chi connectivity index (χ4n) is 2.31. The maximum Gasteiger partial charge on any atom is 0.280 e. The van der Waals surface area contributed by atoms with Crippen LogP contribution in [0.4, 0.5) is 11.8 Å². The molecule has 3 rings (SSSR count). The van der Waals surface area contributed by atoms with Crippen LogP contribution in [0.1, 0.15) is 23.8 Å². The van der Waals surface area contributed by atoms with Crippen LogP contribution in [0.25, 0.3) is 11.0 Å². The predicted molar refractivity (Wildman–Crippen MR) is 84.4 cm³/mol. The van der Waals surface area contributed by atoms with Gasteiger partial charge in [-0.3, -0.25) is 10.1 Å². The highest BCUT2D eigenvalue weighted by molar-refractivity contribution is 6.05. The number of carbonyl (C=O) groups is 1. The highest BCUT2D eigenvalue weighted by Crippen LogP contribution is 2.20. The molecule has 2 heterocycles. The SMILES string of the molecule is CCCn1c(NC(=O)c2nccnc2N)nc2ccccc21. The van der Waals surface area contributed by atoms with Gasteiger partial charge in [0, 0.05) is 18.9 Å². The van der Waals surface area contributed by atoms with Gasteiger partial charge in [0.2, 0.25) is 5.95 Å². The van der Waals surface area contributed by atoms with E-state index in [0.29, 0.717) is 5.95 Å². The van der Waals surface area contributed by atoms with E-state index in [2.05, 4.69) is 27.2 Å². The maximum atomic E-state index is 12.3. The summed E-state index contributed by atoms with van der Waals surface area (Å²) >= 11 is 0. The molecule has 0 fully saturated rings. The molecule has 0 spiro atoms. The number of rotatable bonds is 4.